The third-order valence-electron chi connectivity index (χ3n) is 6.43. The van der Waals surface area contributed by atoms with Crippen LogP contribution in [-0.2, 0) is 9.53 Å². The molecule has 2 amide bonds. The lowest BCUT2D eigenvalue weighted by Crippen LogP contribution is -2.43. The first kappa shape index (κ1) is 24.1. The minimum absolute atomic E-state index is 0.0206. The van der Waals surface area contributed by atoms with Crippen molar-refractivity contribution in [2.24, 2.45) is 5.92 Å². The van der Waals surface area contributed by atoms with Gasteiger partial charge in [-0.3, -0.25) is 9.59 Å². The van der Waals surface area contributed by atoms with E-state index in [4.69, 9.17) is 4.74 Å². The number of ether oxygens (including phenoxy) is 1. The predicted molar refractivity (Wildman–Crippen MR) is 127 cm³/mol. The molecule has 1 aliphatic rings. The molecular formula is C26H37N3O3. The molecule has 1 aromatic heterocycles. The van der Waals surface area contributed by atoms with Gasteiger partial charge in [0.05, 0.1) is 5.56 Å². The molecule has 0 atom stereocenters. The summed E-state index contributed by atoms with van der Waals surface area (Å²) in [5.74, 6) is 0.582. The van der Waals surface area contributed by atoms with Crippen LogP contribution in [0.15, 0.2) is 30.3 Å². The molecule has 1 N–H and O–H groups in total. The fourth-order valence-electron chi connectivity index (χ4n) is 4.49. The molecule has 3 rings (SSSR count). The Kier molecular flexibility index (Phi) is 8.13. The van der Waals surface area contributed by atoms with Crippen molar-refractivity contribution in [1.29, 1.82) is 0 Å². The maximum Gasteiger partial charge on any atom is 0.255 e. The summed E-state index contributed by atoms with van der Waals surface area (Å²) in [5.41, 5.74) is 5.14. The summed E-state index contributed by atoms with van der Waals surface area (Å²) in [4.78, 5) is 27.6. The Labute approximate surface area is 191 Å². The standard InChI is InChI=1S/C26H37N3O3/c1-18(2)22-8-6-9-23(17-22)29-19(3)16-24(20(29)4)26(31)28-13-10-21(11-14-28)25(30)27-12-7-15-32-5/h6,8-9,16-18,21H,7,10-15H2,1-5H3,(H,27,30). The molecule has 0 spiro atoms. The molecule has 1 aliphatic heterocycles. The van der Waals surface area contributed by atoms with Crippen molar-refractivity contribution in [3.63, 3.8) is 0 Å². The largest absolute Gasteiger partial charge is 0.385 e. The van der Waals surface area contributed by atoms with Crippen LogP contribution < -0.4 is 5.32 Å². The molecule has 0 bridgehead atoms. The summed E-state index contributed by atoms with van der Waals surface area (Å²) in [6.45, 7) is 10.9. The minimum Gasteiger partial charge on any atom is -0.385 e. The van der Waals surface area contributed by atoms with Crippen LogP contribution in [0.3, 0.4) is 0 Å². The number of aryl methyl sites for hydroxylation is 1. The second kappa shape index (κ2) is 10.8. The van der Waals surface area contributed by atoms with Gasteiger partial charge in [-0.2, -0.15) is 0 Å². The molecule has 32 heavy (non-hydrogen) atoms. The number of carbonyl (C=O) groups is 2. The smallest absolute Gasteiger partial charge is 0.255 e. The maximum absolute atomic E-state index is 13.3. The van der Waals surface area contributed by atoms with E-state index in [1.54, 1.807) is 7.11 Å². The van der Waals surface area contributed by atoms with Gasteiger partial charge in [0.25, 0.3) is 5.91 Å². The molecule has 1 saturated heterocycles. The SMILES string of the molecule is COCCCNC(=O)C1CCN(C(=O)c2cc(C)n(-c3cccc(C(C)C)c3)c2C)CC1. The number of aromatic nitrogens is 1. The van der Waals surface area contributed by atoms with E-state index >= 15 is 0 Å². The zero-order valence-corrected chi connectivity index (χ0v) is 20.1. The van der Waals surface area contributed by atoms with Gasteiger partial charge in [0.2, 0.25) is 5.91 Å². The number of carbonyl (C=O) groups excluding carboxylic acids is 2. The first-order chi connectivity index (χ1) is 15.3. The highest BCUT2D eigenvalue weighted by molar-refractivity contribution is 5.96. The van der Waals surface area contributed by atoms with Gasteiger partial charge in [-0.05, 0) is 62.8 Å². The Bertz CT molecular complexity index is 940. The van der Waals surface area contributed by atoms with Crippen LogP contribution in [0, 0.1) is 19.8 Å². The van der Waals surface area contributed by atoms with E-state index in [9.17, 15) is 9.59 Å². The molecule has 174 valence electrons. The number of hydrogen-bond acceptors (Lipinski definition) is 3. The van der Waals surface area contributed by atoms with Crippen LogP contribution in [0.4, 0.5) is 0 Å². The van der Waals surface area contributed by atoms with Crippen LogP contribution in [0.2, 0.25) is 0 Å². The average Bonchev–Trinajstić information content (AvgIpc) is 3.10. The normalized spacial score (nSPS) is 14.8. The van der Waals surface area contributed by atoms with Crippen molar-refractivity contribution >= 4 is 11.8 Å². The topological polar surface area (TPSA) is 63.6 Å². The Morgan fingerprint density at radius 1 is 1.16 bits per heavy atom. The van der Waals surface area contributed by atoms with E-state index in [0.29, 0.717) is 45.0 Å². The summed E-state index contributed by atoms with van der Waals surface area (Å²) >= 11 is 0. The summed E-state index contributed by atoms with van der Waals surface area (Å²) in [7, 11) is 1.66. The molecule has 0 aliphatic carbocycles. The molecule has 6 nitrogen and oxygen atoms in total. The summed E-state index contributed by atoms with van der Waals surface area (Å²) < 4.78 is 7.18. The highest BCUT2D eigenvalue weighted by Crippen LogP contribution is 2.26. The van der Waals surface area contributed by atoms with Gasteiger partial charge in [0.1, 0.15) is 0 Å². The Hall–Kier alpha value is -2.60. The maximum atomic E-state index is 13.3. The van der Waals surface area contributed by atoms with Crippen molar-refractivity contribution in [3.8, 4) is 5.69 Å². The van der Waals surface area contributed by atoms with Crippen molar-refractivity contribution in [2.45, 2.75) is 52.9 Å². The summed E-state index contributed by atoms with van der Waals surface area (Å²) in [6.07, 6.45) is 2.23. The number of piperidine rings is 1. The van der Waals surface area contributed by atoms with E-state index in [1.165, 1.54) is 5.56 Å². The van der Waals surface area contributed by atoms with Crippen molar-refractivity contribution < 1.29 is 14.3 Å². The van der Waals surface area contributed by atoms with Crippen molar-refractivity contribution in [1.82, 2.24) is 14.8 Å². The lowest BCUT2D eigenvalue weighted by atomic mass is 9.95. The Balaban J connectivity index is 1.66. The third kappa shape index (κ3) is 5.41. The van der Waals surface area contributed by atoms with E-state index in [-0.39, 0.29) is 17.7 Å². The second-order valence-corrected chi connectivity index (χ2v) is 9.07. The van der Waals surface area contributed by atoms with Crippen molar-refractivity contribution in [3.05, 3.63) is 52.8 Å². The lowest BCUT2D eigenvalue weighted by molar-refractivity contribution is -0.126. The zero-order valence-electron chi connectivity index (χ0n) is 20.1. The third-order valence-corrected chi connectivity index (χ3v) is 6.43. The summed E-state index contributed by atoms with van der Waals surface area (Å²) in [5, 5.41) is 2.99. The number of rotatable bonds is 8. The number of benzene rings is 1. The molecule has 2 aromatic rings. The Morgan fingerprint density at radius 2 is 1.88 bits per heavy atom. The quantitative estimate of drug-likeness (QED) is 0.627. The molecule has 0 saturated carbocycles. The molecule has 0 radical (unpaired) electrons. The van der Waals surface area contributed by atoms with Gasteiger partial charge in [-0.25, -0.2) is 0 Å². The van der Waals surface area contributed by atoms with Gasteiger partial charge in [0.15, 0.2) is 0 Å². The van der Waals surface area contributed by atoms with Crippen LogP contribution in [0.5, 0.6) is 0 Å². The molecule has 0 unspecified atom stereocenters. The number of methoxy groups -OCH3 is 1. The van der Waals surface area contributed by atoms with Crippen LogP contribution in [0.1, 0.15) is 66.3 Å². The predicted octanol–water partition coefficient (Wildman–Crippen LogP) is 4.22. The molecule has 1 fully saturated rings. The number of amides is 2. The zero-order chi connectivity index (χ0) is 23.3. The van der Waals surface area contributed by atoms with Crippen LogP contribution >= 0.6 is 0 Å². The van der Waals surface area contributed by atoms with Gasteiger partial charge in [-0.15, -0.1) is 0 Å². The monoisotopic (exact) mass is 439 g/mol. The number of likely N-dealkylation sites (tertiary alicyclic amines) is 1. The number of nitrogens with one attached hydrogen (secondary N) is 1. The molecule has 1 aromatic carbocycles. The molecular weight excluding hydrogens is 402 g/mol. The van der Waals surface area contributed by atoms with Gasteiger partial charge in [-0.1, -0.05) is 26.0 Å². The first-order valence-electron chi connectivity index (χ1n) is 11.7. The second-order valence-electron chi connectivity index (χ2n) is 9.07. The summed E-state index contributed by atoms with van der Waals surface area (Å²) in [6, 6.07) is 10.5. The van der Waals surface area contributed by atoms with Gasteiger partial charge >= 0.3 is 0 Å². The van der Waals surface area contributed by atoms with Crippen LogP contribution in [-0.4, -0.2) is 54.6 Å². The van der Waals surface area contributed by atoms with Crippen molar-refractivity contribution in [2.75, 3.05) is 33.4 Å². The van der Waals surface area contributed by atoms with E-state index < -0.39 is 0 Å². The first-order valence-corrected chi connectivity index (χ1v) is 11.7. The highest BCUT2D eigenvalue weighted by Gasteiger charge is 2.29. The van der Waals surface area contributed by atoms with E-state index in [0.717, 1.165) is 29.1 Å². The fourth-order valence-corrected chi connectivity index (χ4v) is 4.49. The fraction of sp³-hybridized carbons (Fsp3) is 0.538. The highest BCUT2D eigenvalue weighted by atomic mass is 16.5. The van der Waals surface area contributed by atoms with E-state index in [1.807, 2.05) is 24.8 Å². The van der Waals surface area contributed by atoms with Gasteiger partial charge in [0, 0.05) is 56.3 Å². The molecule has 6 heteroatoms. The average molecular weight is 440 g/mol. The Morgan fingerprint density at radius 3 is 2.53 bits per heavy atom. The number of hydrogen-bond donors (Lipinski definition) is 1. The lowest BCUT2D eigenvalue weighted by Gasteiger charge is -2.31. The van der Waals surface area contributed by atoms with Crippen LogP contribution in [0.25, 0.3) is 5.69 Å². The number of nitrogens with zero attached hydrogens (tertiary/aromatic N) is 2. The van der Waals surface area contributed by atoms with E-state index in [2.05, 4.69) is 48.0 Å². The van der Waals surface area contributed by atoms with Gasteiger partial charge < -0.3 is 19.5 Å². The minimum atomic E-state index is -0.0206. The molecule has 2 heterocycles.